The van der Waals surface area contributed by atoms with Gasteiger partial charge in [0.15, 0.2) is 23.0 Å². The van der Waals surface area contributed by atoms with Crippen LogP contribution in [0.5, 0.6) is 23.0 Å². The van der Waals surface area contributed by atoms with Gasteiger partial charge in [0, 0.05) is 10.9 Å². The maximum atomic E-state index is 6.67. The van der Waals surface area contributed by atoms with Gasteiger partial charge in [-0.2, -0.15) is 0 Å². The highest BCUT2D eigenvalue weighted by molar-refractivity contribution is 5.89. The van der Waals surface area contributed by atoms with Crippen molar-refractivity contribution in [2.75, 3.05) is 0 Å². The molecule has 10 rings (SSSR count). The quantitative estimate of drug-likeness (QED) is 0.195. The Morgan fingerprint density at radius 2 is 1.00 bits per heavy atom. The van der Waals surface area contributed by atoms with Gasteiger partial charge in [0.05, 0.1) is 16.6 Å². The van der Waals surface area contributed by atoms with E-state index < -0.39 is 5.41 Å². The first kappa shape index (κ1) is 27.6. The highest BCUT2D eigenvalue weighted by Crippen LogP contribution is 2.59. The molecule has 0 fully saturated rings. The van der Waals surface area contributed by atoms with E-state index in [0.29, 0.717) is 23.0 Å². The second-order valence-electron chi connectivity index (χ2n) is 12.7. The largest absolute Gasteiger partial charge is 0.450 e. The van der Waals surface area contributed by atoms with E-state index in [-0.39, 0.29) is 0 Å². The first-order valence-electron chi connectivity index (χ1n) is 16.6. The summed E-state index contributed by atoms with van der Waals surface area (Å²) >= 11 is 0. The molecule has 0 bridgehead atoms. The minimum atomic E-state index is -0.496. The van der Waals surface area contributed by atoms with Crippen LogP contribution in [0.3, 0.4) is 0 Å². The molecule has 0 spiro atoms. The van der Waals surface area contributed by atoms with Crippen LogP contribution in [0, 0.1) is 0 Å². The molecule has 3 nitrogen and oxygen atoms in total. The predicted molar refractivity (Wildman–Crippen MR) is 197 cm³/mol. The molecule has 1 aromatic heterocycles. The molecule has 2 heterocycles. The van der Waals surface area contributed by atoms with Gasteiger partial charge in [0.1, 0.15) is 0 Å². The van der Waals surface area contributed by atoms with Crippen LogP contribution in [0.15, 0.2) is 176 Å². The second kappa shape index (κ2) is 10.8. The number of aromatic nitrogens is 1. The summed E-state index contributed by atoms with van der Waals surface area (Å²) in [6.07, 6.45) is 0. The van der Waals surface area contributed by atoms with Crippen LogP contribution in [0.1, 0.15) is 22.3 Å². The lowest BCUT2D eigenvalue weighted by Gasteiger charge is -2.34. The zero-order chi connectivity index (χ0) is 32.4. The first-order valence-corrected chi connectivity index (χ1v) is 16.6. The van der Waals surface area contributed by atoms with Gasteiger partial charge in [-0.3, -0.25) is 0 Å². The molecule has 0 radical (unpaired) electrons. The molecule has 1 aliphatic heterocycles. The second-order valence-corrected chi connectivity index (χ2v) is 12.7. The molecule has 1 aliphatic carbocycles. The summed E-state index contributed by atoms with van der Waals surface area (Å²) < 4.78 is 13.3. The molecule has 0 N–H and O–H groups in total. The zero-order valence-corrected chi connectivity index (χ0v) is 26.5. The number of nitrogens with zero attached hydrogens (tertiary/aromatic N) is 1. The molecule has 0 saturated carbocycles. The average Bonchev–Trinajstić information content (AvgIpc) is 3.46. The van der Waals surface area contributed by atoms with Crippen molar-refractivity contribution >= 4 is 10.9 Å². The molecule has 0 amide bonds. The van der Waals surface area contributed by atoms with Crippen molar-refractivity contribution in [3.8, 4) is 56.5 Å². The third-order valence-corrected chi connectivity index (χ3v) is 10.00. The molecule has 49 heavy (non-hydrogen) atoms. The van der Waals surface area contributed by atoms with E-state index in [0.717, 1.165) is 38.9 Å². The minimum Gasteiger partial charge on any atom is -0.450 e. The maximum absolute atomic E-state index is 6.67. The highest BCUT2D eigenvalue weighted by atomic mass is 16.6. The monoisotopic (exact) mass is 627 g/mol. The van der Waals surface area contributed by atoms with E-state index in [4.69, 9.17) is 14.5 Å². The number of hydrogen-bond acceptors (Lipinski definition) is 3. The van der Waals surface area contributed by atoms with E-state index in [1.165, 1.54) is 27.8 Å². The third-order valence-electron chi connectivity index (χ3n) is 10.00. The van der Waals surface area contributed by atoms with E-state index in [9.17, 15) is 0 Å². The molecule has 0 atom stereocenters. The SMILES string of the molecule is c1ccc(-c2ccc3cc(-c4ccc5c(c4)Oc4cc6c(cc4O5)C(c4ccccc4)(c4ccccc4)c4ccccc4-6)ccc3n2)cc1. The average molecular weight is 628 g/mol. The molecule has 3 heteroatoms. The molecule has 0 saturated heterocycles. The van der Waals surface area contributed by atoms with Crippen LogP contribution in [0.4, 0.5) is 0 Å². The topological polar surface area (TPSA) is 31.4 Å². The summed E-state index contributed by atoms with van der Waals surface area (Å²) in [4.78, 5) is 4.92. The van der Waals surface area contributed by atoms with Crippen LogP contribution in [-0.4, -0.2) is 4.98 Å². The summed E-state index contributed by atoms with van der Waals surface area (Å²) in [5.74, 6) is 2.83. The fourth-order valence-electron chi connectivity index (χ4n) is 7.77. The number of benzene rings is 7. The molecule has 8 aromatic rings. The number of hydrogen-bond donors (Lipinski definition) is 0. The lowest BCUT2D eigenvalue weighted by Crippen LogP contribution is -2.28. The van der Waals surface area contributed by atoms with Crippen molar-refractivity contribution in [2.24, 2.45) is 0 Å². The van der Waals surface area contributed by atoms with Crippen LogP contribution in [0.25, 0.3) is 44.4 Å². The van der Waals surface area contributed by atoms with E-state index in [1.54, 1.807) is 0 Å². The summed E-state index contributed by atoms with van der Waals surface area (Å²) in [7, 11) is 0. The summed E-state index contributed by atoms with van der Waals surface area (Å²) in [5.41, 5.74) is 11.9. The molecule has 0 unspecified atom stereocenters. The van der Waals surface area contributed by atoms with Gasteiger partial charge in [0.2, 0.25) is 0 Å². The minimum absolute atomic E-state index is 0.496. The Balaban J connectivity index is 1.06. The highest BCUT2D eigenvalue weighted by Gasteiger charge is 2.47. The van der Waals surface area contributed by atoms with Crippen LogP contribution in [0.2, 0.25) is 0 Å². The number of pyridine rings is 1. The molecule has 2 aliphatic rings. The van der Waals surface area contributed by atoms with Crippen molar-refractivity contribution < 1.29 is 9.47 Å². The van der Waals surface area contributed by atoms with Gasteiger partial charge in [-0.1, -0.05) is 133 Å². The van der Waals surface area contributed by atoms with Crippen molar-refractivity contribution in [2.45, 2.75) is 5.41 Å². The van der Waals surface area contributed by atoms with Crippen molar-refractivity contribution in [3.63, 3.8) is 0 Å². The van der Waals surface area contributed by atoms with Crippen LogP contribution in [-0.2, 0) is 5.41 Å². The summed E-state index contributed by atoms with van der Waals surface area (Å²) in [5, 5.41) is 1.09. The van der Waals surface area contributed by atoms with E-state index in [1.807, 2.05) is 24.3 Å². The fourth-order valence-corrected chi connectivity index (χ4v) is 7.77. The van der Waals surface area contributed by atoms with Gasteiger partial charge in [0.25, 0.3) is 0 Å². The summed E-state index contributed by atoms with van der Waals surface area (Å²) in [6.45, 7) is 0. The Morgan fingerprint density at radius 3 is 1.78 bits per heavy atom. The normalized spacial score (nSPS) is 13.4. The molecule has 230 valence electrons. The Morgan fingerprint density at radius 1 is 0.388 bits per heavy atom. The van der Waals surface area contributed by atoms with Gasteiger partial charge in [-0.05, 0) is 87.0 Å². The zero-order valence-electron chi connectivity index (χ0n) is 26.5. The summed E-state index contributed by atoms with van der Waals surface area (Å²) in [6, 6.07) is 61.8. The van der Waals surface area contributed by atoms with Gasteiger partial charge in [-0.25, -0.2) is 4.98 Å². The Hall–Kier alpha value is -6.45. The Bertz CT molecular complexity index is 2500. The van der Waals surface area contributed by atoms with Crippen LogP contribution < -0.4 is 9.47 Å². The van der Waals surface area contributed by atoms with Crippen molar-refractivity contribution in [3.05, 3.63) is 198 Å². The molecule has 7 aromatic carbocycles. The molecular formula is C46H29NO2. The lowest BCUT2D eigenvalue weighted by atomic mass is 9.67. The van der Waals surface area contributed by atoms with Crippen molar-refractivity contribution in [1.82, 2.24) is 4.98 Å². The Labute approximate surface area is 284 Å². The van der Waals surface area contributed by atoms with Crippen LogP contribution >= 0.6 is 0 Å². The number of rotatable bonds is 4. The third kappa shape index (κ3) is 4.26. The maximum Gasteiger partial charge on any atom is 0.170 e. The number of fused-ring (bicyclic) bond motifs is 6. The van der Waals surface area contributed by atoms with Gasteiger partial charge < -0.3 is 9.47 Å². The van der Waals surface area contributed by atoms with E-state index in [2.05, 4.69) is 152 Å². The first-order chi connectivity index (χ1) is 24.3. The van der Waals surface area contributed by atoms with Gasteiger partial charge >= 0.3 is 0 Å². The fraction of sp³-hybridized carbons (Fsp3) is 0.0217. The Kier molecular flexibility index (Phi) is 6.09. The van der Waals surface area contributed by atoms with Gasteiger partial charge in [-0.15, -0.1) is 0 Å². The standard InChI is InChI=1S/C46H29NO2/c1-4-12-30(13-5-1)40-24-21-33-26-31(20-23-41(33)47-40)32-22-25-42-43(27-32)49-44-28-37-36-18-10-11-19-38(36)46(34-14-6-2-7-15-34,35-16-8-3-9-17-35)39(37)29-45(44)48-42/h1-29H. The smallest absolute Gasteiger partial charge is 0.170 e. The van der Waals surface area contributed by atoms with E-state index >= 15 is 0 Å². The molecular weight excluding hydrogens is 599 g/mol. The number of ether oxygens (including phenoxy) is 2. The lowest BCUT2D eigenvalue weighted by molar-refractivity contribution is 0.359. The predicted octanol–water partition coefficient (Wildman–Crippen LogP) is 11.8. The van der Waals surface area contributed by atoms with Crippen molar-refractivity contribution in [1.29, 1.82) is 0 Å².